The van der Waals surface area contributed by atoms with E-state index in [4.69, 9.17) is 14.6 Å². The van der Waals surface area contributed by atoms with Crippen LogP contribution in [0.4, 0.5) is 11.4 Å². The van der Waals surface area contributed by atoms with Crippen molar-refractivity contribution in [1.29, 1.82) is 0 Å². The molecule has 104 valence electrons. The number of nitrogen functional groups attached to an aromatic ring is 1. The summed E-state index contributed by atoms with van der Waals surface area (Å²) in [6, 6.07) is 7.16. The van der Waals surface area contributed by atoms with Gasteiger partial charge in [-0.15, -0.1) is 0 Å². The molecule has 0 aliphatic heterocycles. The van der Waals surface area contributed by atoms with E-state index < -0.39 is 5.76 Å². The maximum atomic E-state index is 11.2. The summed E-state index contributed by atoms with van der Waals surface area (Å²) >= 11 is 0. The van der Waals surface area contributed by atoms with E-state index in [1.807, 2.05) is 26.0 Å². The number of aromatic nitrogens is 1. The van der Waals surface area contributed by atoms with Crippen molar-refractivity contribution in [2.75, 3.05) is 11.1 Å². The van der Waals surface area contributed by atoms with Gasteiger partial charge in [0.15, 0.2) is 5.58 Å². The van der Waals surface area contributed by atoms with E-state index >= 15 is 0 Å². The van der Waals surface area contributed by atoms with Crippen molar-refractivity contribution >= 4 is 22.5 Å². The fraction of sp³-hybridized carbons (Fsp3) is 0.214. The second kappa shape index (κ2) is 4.48. The molecule has 20 heavy (non-hydrogen) atoms. The molecule has 0 amide bonds. The number of fused-ring (bicyclic) bond motifs is 1. The number of H-pyrrole nitrogens is 1. The molecule has 0 spiro atoms. The van der Waals surface area contributed by atoms with E-state index in [2.05, 4.69) is 10.3 Å². The first-order valence-electron chi connectivity index (χ1n) is 6.28. The molecule has 0 saturated carbocycles. The minimum absolute atomic E-state index is 0.0397. The van der Waals surface area contributed by atoms with Gasteiger partial charge in [0.25, 0.3) is 0 Å². The lowest BCUT2D eigenvalue weighted by Gasteiger charge is -2.14. The molecule has 0 aliphatic carbocycles. The molecule has 1 aromatic carbocycles. The number of benzene rings is 1. The zero-order valence-corrected chi connectivity index (χ0v) is 11.2. The summed E-state index contributed by atoms with van der Waals surface area (Å²) < 4.78 is 10.5. The van der Waals surface area contributed by atoms with Crippen LogP contribution in [0.2, 0.25) is 0 Å². The summed E-state index contributed by atoms with van der Waals surface area (Å²) in [7, 11) is 0. The third-order valence-electron chi connectivity index (χ3n) is 3.15. The van der Waals surface area contributed by atoms with E-state index in [1.54, 1.807) is 12.1 Å². The lowest BCUT2D eigenvalue weighted by atomic mass is 10.2. The Kier molecular flexibility index (Phi) is 2.78. The van der Waals surface area contributed by atoms with E-state index in [0.29, 0.717) is 16.8 Å². The Morgan fingerprint density at radius 3 is 2.80 bits per heavy atom. The summed E-state index contributed by atoms with van der Waals surface area (Å²) in [5.41, 5.74) is 8.24. The fourth-order valence-electron chi connectivity index (χ4n) is 2.13. The van der Waals surface area contributed by atoms with Crippen LogP contribution in [0.1, 0.15) is 24.5 Å². The number of rotatable bonds is 3. The van der Waals surface area contributed by atoms with Crippen LogP contribution in [0.25, 0.3) is 11.1 Å². The van der Waals surface area contributed by atoms with Crippen molar-refractivity contribution in [2.45, 2.75) is 19.9 Å². The van der Waals surface area contributed by atoms with Crippen molar-refractivity contribution < 1.29 is 8.83 Å². The second-order valence-corrected chi connectivity index (χ2v) is 4.76. The standard InChI is InChI=1S/C14H15N3O3/c1-7-3-4-12(19-7)8(2)16-10-6-11-13(5-9(10)15)20-14(18)17-11/h3-6,8,16H,15H2,1-2H3,(H,17,18). The molecule has 0 aliphatic rings. The third kappa shape index (κ3) is 2.16. The molecule has 1 unspecified atom stereocenters. The van der Waals surface area contributed by atoms with E-state index in [9.17, 15) is 4.79 Å². The highest BCUT2D eigenvalue weighted by Crippen LogP contribution is 2.28. The predicted octanol–water partition coefficient (Wildman–Crippen LogP) is 2.78. The topological polar surface area (TPSA) is 97.2 Å². The second-order valence-electron chi connectivity index (χ2n) is 4.76. The summed E-state index contributed by atoms with van der Waals surface area (Å²) in [5, 5.41) is 3.26. The average molecular weight is 273 g/mol. The zero-order chi connectivity index (χ0) is 14.3. The van der Waals surface area contributed by atoms with Crippen molar-refractivity contribution in [1.82, 2.24) is 4.98 Å². The van der Waals surface area contributed by atoms with Crippen LogP contribution in [0.5, 0.6) is 0 Å². The van der Waals surface area contributed by atoms with Gasteiger partial charge in [0.1, 0.15) is 11.5 Å². The first kappa shape index (κ1) is 12.4. The molecule has 6 heteroatoms. The van der Waals surface area contributed by atoms with Crippen LogP contribution >= 0.6 is 0 Å². The fourth-order valence-corrected chi connectivity index (χ4v) is 2.13. The van der Waals surface area contributed by atoms with Gasteiger partial charge in [0, 0.05) is 6.07 Å². The van der Waals surface area contributed by atoms with E-state index in [0.717, 1.165) is 17.2 Å². The number of furan rings is 1. The summed E-state index contributed by atoms with van der Waals surface area (Å²) in [4.78, 5) is 13.8. The Bertz CT molecular complexity index is 813. The number of oxazole rings is 1. The van der Waals surface area contributed by atoms with Crippen LogP contribution < -0.4 is 16.8 Å². The molecule has 0 radical (unpaired) electrons. The van der Waals surface area contributed by atoms with Gasteiger partial charge in [0.2, 0.25) is 0 Å². The highest BCUT2D eigenvalue weighted by atomic mass is 16.4. The van der Waals surface area contributed by atoms with Gasteiger partial charge in [0.05, 0.1) is 22.9 Å². The Balaban J connectivity index is 1.93. The molecule has 6 nitrogen and oxygen atoms in total. The number of aromatic amines is 1. The minimum Gasteiger partial charge on any atom is -0.464 e. The van der Waals surface area contributed by atoms with Crippen molar-refractivity contribution in [3.05, 3.63) is 46.3 Å². The average Bonchev–Trinajstić information content (AvgIpc) is 2.95. The molecule has 4 N–H and O–H groups in total. The molecule has 0 saturated heterocycles. The molecule has 0 bridgehead atoms. The van der Waals surface area contributed by atoms with Crippen molar-refractivity contribution in [2.24, 2.45) is 0 Å². The molecular weight excluding hydrogens is 258 g/mol. The quantitative estimate of drug-likeness (QED) is 0.637. The molecule has 3 rings (SSSR count). The number of hydrogen-bond donors (Lipinski definition) is 3. The maximum absolute atomic E-state index is 11.2. The number of aryl methyl sites for hydroxylation is 1. The molecule has 0 fully saturated rings. The van der Waals surface area contributed by atoms with Gasteiger partial charge in [-0.1, -0.05) is 0 Å². The normalized spacial score (nSPS) is 12.7. The number of hydrogen-bond acceptors (Lipinski definition) is 5. The summed E-state index contributed by atoms with van der Waals surface area (Å²) in [6.07, 6.45) is 0. The maximum Gasteiger partial charge on any atom is 0.417 e. The molecular formula is C14H15N3O3. The minimum atomic E-state index is -0.494. The highest BCUT2D eigenvalue weighted by molar-refractivity contribution is 5.85. The van der Waals surface area contributed by atoms with Gasteiger partial charge in [-0.05, 0) is 32.0 Å². The van der Waals surface area contributed by atoms with Crippen molar-refractivity contribution in [3.8, 4) is 0 Å². The van der Waals surface area contributed by atoms with Crippen LogP contribution in [0, 0.1) is 6.92 Å². The number of nitrogens with one attached hydrogen (secondary N) is 2. The van der Waals surface area contributed by atoms with Gasteiger partial charge in [-0.25, -0.2) is 4.79 Å². The third-order valence-corrected chi connectivity index (χ3v) is 3.15. The van der Waals surface area contributed by atoms with Gasteiger partial charge >= 0.3 is 5.76 Å². The largest absolute Gasteiger partial charge is 0.464 e. The first-order valence-corrected chi connectivity index (χ1v) is 6.28. The zero-order valence-electron chi connectivity index (χ0n) is 11.2. The smallest absolute Gasteiger partial charge is 0.417 e. The van der Waals surface area contributed by atoms with Crippen LogP contribution in [-0.2, 0) is 0 Å². The van der Waals surface area contributed by atoms with Crippen LogP contribution in [0.15, 0.2) is 37.9 Å². The van der Waals surface area contributed by atoms with Crippen molar-refractivity contribution in [3.63, 3.8) is 0 Å². The highest BCUT2D eigenvalue weighted by Gasteiger charge is 2.12. The lowest BCUT2D eigenvalue weighted by molar-refractivity contribution is 0.467. The Morgan fingerprint density at radius 1 is 1.30 bits per heavy atom. The Morgan fingerprint density at radius 2 is 2.10 bits per heavy atom. The van der Waals surface area contributed by atoms with Gasteiger partial charge in [-0.3, -0.25) is 4.98 Å². The van der Waals surface area contributed by atoms with E-state index in [1.165, 1.54) is 0 Å². The Hall–Kier alpha value is -2.63. The lowest BCUT2D eigenvalue weighted by Crippen LogP contribution is -2.07. The number of nitrogens with two attached hydrogens (primary N) is 1. The monoisotopic (exact) mass is 273 g/mol. The van der Waals surface area contributed by atoms with Crippen LogP contribution in [-0.4, -0.2) is 4.98 Å². The molecule has 3 aromatic rings. The molecule has 1 atom stereocenters. The number of anilines is 2. The SMILES string of the molecule is Cc1ccc(C(C)Nc2cc3[nH]c(=O)oc3cc2N)o1. The molecule has 2 heterocycles. The van der Waals surface area contributed by atoms with Gasteiger partial charge < -0.3 is 19.9 Å². The molecule has 2 aromatic heterocycles. The van der Waals surface area contributed by atoms with Crippen LogP contribution in [0.3, 0.4) is 0 Å². The van der Waals surface area contributed by atoms with E-state index in [-0.39, 0.29) is 6.04 Å². The Labute approximate surface area is 114 Å². The summed E-state index contributed by atoms with van der Waals surface area (Å²) in [5.74, 6) is 1.19. The van der Waals surface area contributed by atoms with Gasteiger partial charge in [-0.2, -0.15) is 0 Å². The predicted molar refractivity (Wildman–Crippen MR) is 76.7 cm³/mol. The summed E-state index contributed by atoms with van der Waals surface area (Å²) in [6.45, 7) is 3.87. The first-order chi connectivity index (χ1) is 9.52.